The molecule has 2 aliphatic rings. The van der Waals surface area contributed by atoms with Crippen LogP contribution in [0.2, 0.25) is 0 Å². The Morgan fingerprint density at radius 1 is 1.21 bits per heavy atom. The summed E-state index contributed by atoms with van der Waals surface area (Å²) in [5, 5.41) is 34.6. The monoisotopic (exact) mass is 386 g/mol. The zero-order valence-electron chi connectivity index (χ0n) is 15.3. The van der Waals surface area contributed by atoms with Crippen molar-refractivity contribution in [3.63, 3.8) is 0 Å². The predicted octanol–water partition coefficient (Wildman–Crippen LogP) is 0.00370. The van der Waals surface area contributed by atoms with E-state index in [-0.39, 0.29) is 55.1 Å². The first kappa shape index (κ1) is 18.4. The first-order valence-electron chi connectivity index (χ1n) is 9.35. The summed E-state index contributed by atoms with van der Waals surface area (Å²) in [7, 11) is 0. The minimum atomic E-state index is -1.45. The number of phenolic OH excluding ortho intramolecular Hbond substituents is 1. The van der Waals surface area contributed by atoms with Gasteiger partial charge in [-0.15, -0.1) is 5.10 Å². The normalized spacial score (nSPS) is 19.1. The number of aromatic hydroxyl groups is 1. The highest BCUT2D eigenvalue weighted by molar-refractivity contribution is 5.97. The van der Waals surface area contributed by atoms with E-state index in [1.807, 2.05) is 0 Å². The molecule has 0 bridgehead atoms. The van der Waals surface area contributed by atoms with E-state index in [9.17, 15) is 19.8 Å². The molecule has 2 aromatic rings. The van der Waals surface area contributed by atoms with E-state index in [1.54, 1.807) is 6.07 Å². The fourth-order valence-electron chi connectivity index (χ4n) is 3.47. The summed E-state index contributed by atoms with van der Waals surface area (Å²) in [6.07, 6.45) is 4.72. The highest BCUT2D eigenvalue weighted by Crippen LogP contribution is 2.28. The van der Waals surface area contributed by atoms with Gasteiger partial charge in [0.25, 0.3) is 11.8 Å². The van der Waals surface area contributed by atoms with Gasteiger partial charge >= 0.3 is 0 Å². The Bertz CT molecular complexity index is 872. The van der Waals surface area contributed by atoms with Crippen LogP contribution in [-0.4, -0.2) is 71.9 Å². The van der Waals surface area contributed by atoms with Crippen LogP contribution in [0, 0.1) is 0 Å². The van der Waals surface area contributed by atoms with Crippen LogP contribution in [0.5, 0.6) is 5.75 Å². The summed E-state index contributed by atoms with van der Waals surface area (Å²) in [5.41, 5.74) is -0.765. The number of carbonyl (C=O) groups is 2. The van der Waals surface area contributed by atoms with E-state index in [2.05, 4.69) is 20.8 Å². The molecule has 4 rings (SSSR count). The highest BCUT2D eigenvalue weighted by atomic mass is 16.3. The number of phenols is 1. The molecule has 0 unspecified atom stereocenters. The Labute approximate surface area is 161 Å². The number of benzene rings is 1. The molecule has 1 aromatic carbocycles. The molecule has 0 radical (unpaired) electrons. The number of aliphatic hydroxyl groups is 1. The van der Waals surface area contributed by atoms with Crippen molar-refractivity contribution in [1.82, 2.24) is 30.4 Å². The Balaban J connectivity index is 1.40. The van der Waals surface area contributed by atoms with Crippen molar-refractivity contribution in [2.45, 2.75) is 43.7 Å². The Hall–Kier alpha value is -3.01. The van der Waals surface area contributed by atoms with Gasteiger partial charge in [-0.25, -0.2) is 4.68 Å². The van der Waals surface area contributed by atoms with E-state index in [0.717, 1.165) is 19.3 Å². The number of amides is 2. The number of piperidine rings is 1. The van der Waals surface area contributed by atoms with Crippen LogP contribution >= 0.6 is 0 Å². The Kier molecular flexibility index (Phi) is 4.71. The fourth-order valence-corrected chi connectivity index (χ4v) is 3.47. The second-order valence-electron chi connectivity index (χ2n) is 7.38. The number of rotatable bonds is 4. The van der Waals surface area contributed by atoms with E-state index >= 15 is 0 Å². The molecule has 1 aliphatic heterocycles. The van der Waals surface area contributed by atoms with Crippen LogP contribution in [0.3, 0.4) is 0 Å². The lowest BCUT2D eigenvalue weighted by atomic mass is 9.87. The number of hydrogen-bond acceptors (Lipinski definition) is 7. The SMILES string of the molecule is O=C(c1ccc(-n2cnnn2)cc1O)N1CCC(O)(C(=O)NC2CCC2)CC1. The summed E-state index contributed by atoms with van der Waals surface area (Å²) in [6.45, 7) is 0.475. The van der Waals surface area contributed by atoms with Gasteiger partial charge in [0.05, 0.1) is 11.3 Å². The van der Waals surface area contributed by atoms with Gasteiger partial charge in [0.1, 0.15) is 17.7 Å². The predicted molar refractivity (Wildman–Crippen MR) is 96.7 cm³/mol. The molecule has 10 heteroatoms. The van der Waals surface area contributed by atoms with Crippen molar-refractivity contribution in [1.29, 1.82) is 0 Å². The van der Waals surface area contributed by atoms with E-state index in [1.165, 1.54) is 28.0 Å². The zero-order valence-corrected chi connectivity index (χ0v) is 15.3. The molecule has 2 fully saturated rings. The van der Waals surface area contributed by atoms with Gasteiger partial charge < -0.3 is 20.4 Å². The second kappa shape index (κ2) is 7.19. The van der Waals surface area contributed by atoms with Crippen molar-refractivity contribution in [2.75, 3.05) is 13.1 Å². The summed E-state index contributed by atoms with van der Waals surface area (Å²) >= 11 is 0. The average molecular weight is 386 g/mol. The van der Waals surface area contributed by atoms with Gasteiger partial charge in [0, 0.05) is 38.0 Å². The van der Waals surface area contributed by atoms with Gasteiger partial charge in [-0.3, -0.25) is 9.59 Å². The van der Waals surface area contributed by atoms with Crippen molar-refractivity contribution in [2.24, 2.45) is 0 Å². The van der Waals surface area contributed by atoms with Crippen LogP contribution in [0.4, 0.5) is 0 Å². The number of tetrazole rings is 1. The Morgan fingerprint density at radius 2 is 1.96 bits per heavy atom. The van der Waals surface area contributed by atoms with Crippen molar-refractivity contribution >= 4 is 11.8 Å². The molecule has 10 nitrogen and oxygen atoms in total. The fraction of sp³-hybridized carbons (Fsp3) is 0.500. The first-order valence-corrected chi connectivity index (χ1v) is 9.35. The van der Waals surface area contributed by atoms with Crippen LogP contribution in [0.15, 0.2) is 24.5 Å². The smallest absolute Gasteiger partial charge is 0.257 e. The van der Waals surface area contributed by atoms with E-state index in [4.69, 9.17) is 0 Å². The van der Waals surface area contributed by atoms with Crippen molar-refractivity contribution in [3.05, 3.63) is 30.1 Å². The highest BCUT2D eigenvalue weighted by Gasteiger charge is 2.41. The maximum Gasteiger partial charge on any atom is 0.257 e. The molecule has 0 atom stereocenters. The molecule has 3 N–H and O–H groups in total. The molecule has 148 valence electrons. The summed E-state index contributed by atoms with van der Waals surface area (Å²) in [5.74, 6) is -0.873. The number of nitrogens with zero attached hydrogens (tertiary/aromatic N) is 5. The molecule has 1 saturated heterocycles. The molecule has 2 heterocycles. The topological polar surface area (TPSA) is 133 Å². The largest absolute Gasteiger partial charge is 0.507 e. The molecular formula is C18H22N6O4. The quantitative estimate of drug-likeness (QED) is 0.674. The van der Waals surface area contributed by atoms with Gasteiger partial charge in [-0.2, -0.15) is 0 Å². The van der Waals surface area contributed by atoms with Crippen molar-refractivity contribution < 1.29 is 19.8 Å². The molecule has 1 aliphatic carbocycles. The molecule has 0 spiro atoms. The van der Waals surface area contributed by atoms with E-state index < -0.39 is 5.60 Å². The molecule has 1 aromatic heterocycles. The lowest BCUT2D eigenvalue weighted by molar-refractivity contribution is -0.145. The second-order valence-corrected chi connectivity index (χ2v) is 7.38. The third kappa shape index (κ3) is 3.42. The van der Waals surface area contributed by atoms with Gasteiger partial charge in [-0.1, -0.05) is 0 Å². The minimum absolute atomic E-state index is 0.154. The number of likely N-dealkylation sites (tertiary alicyclic amines) is 1. The van der Waals surface area contributed by atoms with Gasteiger partial charge in [-0.05, 0) is 41.8 Å². The third-order valence-electron chi connectivity index (χ3n) is 5.57. The summed E-state index contributed by atoms with van der Waals surface area (Å²) in [6, 6.07) is 4.72. The average Bonchev–Trinajstić information content (AvgIpc) is 3.19. The van der Waals surface area contributed by atoms with E-state index in [0.29, 0.717) is 5.69 Å². The minimum Gasteiger partial charge on any atom is -0.507 e. The van der Waals surface area contributed by atoms with Gasteiger partial charge in [0.2, 0.25) is 0 Å². The number of carbonyl (C=O) groups excluding carboxylic acids is 2. The number of nitrogens with one attached hydrogen (secondary N) is 1. The lowest BCUT2D eigenvalue weighted by Crippen LogP contribution is -2.57. The number of aromatic nitrogens is 4. The van der Waals surface area contributed by atoms with Crippen LogP contribution in [0.1, 0.15) is 42.5 Å². The molecule has 1 saturated carbocycles. The summed E-state index contributed by atoms with van der Waals surface area (Å²) in [4.78, 5) is 26.7. The van der Waals surface area contributed by atoms with Crippen LogP contribution in [-0.2, 0) is 4.79 Å². The maximum absolute atomic E-state index is 12.8. The lowest BCUT2D eigenvalue weighted by Gasteiger charge is -2.39. The molecule has 28 heavy (non-hydrogen) atoms. The Morgan fingerprint density at radius 3 is 2.54 bits per heavy atom. The van der Waals surface area contributed by atoms with Crippen LogP contribution in [0.25, 0.3) is 5.69 Å². The number of hydrogen-bond donors (Lipinski definition) is 3. The zero-order chi connectivity index (χ0) is 19.7. The van der Waals surface area contributed by atoms with Crippen LogP contribution < -0.4 is 5.32 Å². The molecular weight excluding hydrogens is 364 g/mol. The first-order chi connectivity index (χ1) is 13.5. The van der Waals surface area contributed by atoms with Crippen molar-refractivity contribution in [3.8, 4) is 11.4 Å². The van der Waals surface area contributed by atoms with Gasteiger partial charge in [0.15, 0.2) is 0 Å². The third-order valence-corrected chi connectivity index (χ3v) is 5.57. The molecule has 2 amide bonds. The standard InChI is InChI=1S/C18H22N6O4/c25-15-10-13(24-11-19-21-22-24)4-5-14(15)16(26)23-8-6-18(28,7-9-23)17(27)20-12-2-1-3-12/h4-5,10-12,25,28H,1-3,6-9H2,(H,20,27). The summed E-state index contributed by atoms with van der Waals surface area (Å²) < 4.78 is 1.37. The maximum atomic E-state index is 12.8.